The third kappa shape index (κ3) is 3.82. The van der Waals surface area contributed by atoms with Crippen LogP contribution in [0.1, 0.15) is 40.0 Å². The maximum absolute atomic E-state index is 12.7. The molecule has 0 aromatic carbocycles. The number of hydrogen-bond acceptors (Lipinski definition) is 5. The molecule has 7 heteroatoms. The van der Waals surface area contributed by atoms with Crippen LogP contribution in [0.25, 0.3) is 0 Å². The van der Waals surface area contributed by atoms with Crippen molar-refractivity contribution < 1.29 is 14.3 Å². The number of amides is 1. The molecule has 2 rings (SSSR count). The third-order valence-corrected chi connectivity index (χ3v) is 7.06. The molecule has 0 aromatic rings. The summed E-state index contributed by atoms with van der Waals surface area (Å²) in [4.78, 5) is 12.7. The Kier molecular flexibility index (Phi) is 7.24. The molecule has 3 N–H and O–H groups in total. The molecule has 1 saturated carbocycles. The molecule has 0 bridgehead atoms. The molecule has 2 aliphatic rings. The second-order valence-corrected chi connectivity index (χ2v) is 8.30. The van der Waals surface area contributed by atoms with Crippen LogP contribution in [0.2, 0.25) is 0 Å². The molecule has 0 spiro atoms. The quantitative estimate of drug-likeness (QED) is 0.751. The van der Waals surface area contributed by atoms with Crippen molar-refractivity contribution in [2.45, 2.75) is 56.4 Å². The summed E-state index contributed by atoms with van der Waals surface area (Å²) in [7, 11) is 0. The van der Waals surface area contributed by atoms with Crippen molar-refractivity contribution >= 4 is 30.1 Å². The van der Waals surface area contributed by atoms with Gasteiger partial charge < -0.3 is 20.5 Å². The Labute approximate surface area is 150 Å². The molecule has 0 aromatic heterocycles. The van der Waals surface area contributed by atoms with Crippen molar-refractivity contribution in [1.82, 2.24) is 5.32 Å². The van der Waals surface area contributed by atoms with Crippen LogP contribution < -0.4 is 11.1 Å². The summed E-state index contributed by atoms with van der Waals surface area (Å²) >= 11 is 1.82. The van der Waals surface area contributed by atoms with E-state index < -0.39 is 5.54 Å². The van der Waals surface area contributed by atoms with Crippen LogP contribution in [0.15, 0.2) is 0 Å². The summed E-state index contributed by atoms with van der Waals surface area (Å²) in [6.07, 6.45) is 4.70. The number of thioether (sulfide) groups is 1. The molecule has 5 nitrogen and oxygen atoms in total. The Morgan fingerprint density at radius 2 is 2.00 bits per heavy atom. The molecule has 23 heavy (non-hydrogen) atoms. The number of halogens is 1. The van der Waals surface area contributed by atoms with Crippen molar-refractivity contribution in [3.63, 3.8) is 0 Å². The molecule has 1 aliphatic carbocycles. The van der Waals surface area contributed by atoms with Crippen LogP contribution in [0.4, 0.5) is 0 Å². The van der Waals surface area contributed by atoms with Gasteiger partial charge in [0.25, 0.3) is 0 Å². The van der Waals surface area contributed by atoms with Crippen LogP contribution in [0, 0.1) is 5.41 Å². The fourth-order valence-electron chi connectivity index (χ4n) is 3.42. The van der Waals surface area contributed by atoms with Gasteiger partial charge in [0.1, 0.15) is 5.54 Å². The fourth-order valence-corrected chi connectivity index (χ4v) is 4.21. The summed E-state index contributed by atoms with van der Waals surface area (Å²) in [5, 5.41) is 3.11. The monoisotopic (exact) mass is 366 g/mol. The van der Waals surface area contributed by atoms with E-state index in [1.165, 1.54) is 0 Å². The van der Waals surface area contributed by atoms with Gasteiger partial charge in [0.2, 0.25) is 5.91 Å². The van der Waals surface area contributed by atoms with Gasteiger partial charge in [-0.15, -0.1) is 12.4 Å². The highest BCUT2D eigenvalue weighted by molar-refractivity contribution is 8.00. The molecule has 2 fully saturated rings. The van der Waals surface area contributed by atoms with Gasteiger partial charge in [-0.2, -0.15) is 11.8 Å². The largest absolute Gasteiger partial charge is 0.381 e. The molecule has 1 heterocycles. The maximum atomic E-state index is 12.7. The van der Waals surface area contributed by atoms with E-state index in [0.717, 1.165) is 26.1 Å². The van der Waals surface area contributed by atoms with E-state index in [1.807, 2.05) is 32.5 Å². The van der Waals surface area contributed by atoms with Crippen LogP contribution in [0.3, 0.4) is 0 Å². The predicted molar refractivity (Wildman–Crippen MR) is 97.3 cm³/mol. The molecular weight excluding hydrogens is 336 g/mol. The number of carbonyl (C=O) groups excluding carboxylic acids is 1. The molecule has 1 aliphatic heterocycles. The van der Waals surface area contributed by atoms with E-state index in [-0.39, 0.29) is 34.6 Å². The molecule has 1 saturated heterocycles. The van der Waals surface area contributed by atoms with Crippen molar-refractivity contribution in [1.29, 1.82) is 0 Å². The second kappa shape index (κ2) is 7.91. The lowest BCUT2D eigenvalue weighted by Gasteiger charge is -2.57. The van der Waals surface area contributed by atoms with Gasteiger partial charge in [-0.25, -0.2) is 0 Å². The van der Waals surface area contributed by atoms with Gasteiger partial charge in [0.05, 0.1) is 6.10 Å². The smallest absolute Gasteiger partial charge is 0.240 e. The van der Waals surface area contributed by atoms with Crippen molar-refractivity contribution in [2.24, 2.45) is 11.1 Å². The number of carbonyl (C=O) groups is 1. The first-order valence-electron chi connectivity index (χ1n) is 8.13. The summed E-state index contributed by atoms with van der Waals surface area (Å²) in [5.41, 5.74) is 5.25. The molecule has 136 valence electrons. The first-order chi connectivity index (χ1) is 10.3. The zero-order valence-corrected chi connectivity index (χ0v) is 16.3. The maximum Gasteiger partial charge on any atom is 0.240 e. The summed E-state index contributed by atoms with van der Waals surface area (Å²) in [6, 6.07) is 0. The molecule has 2 atom stereocenters. The Balaban J connectivity index is 0.00000264. The number of rotatable bonds is 6. The first kappa shape index (κ1) is 21.0. The van der Waals surface area contributed by atoms with Crippen LogP contribution in [-0.2, 0) is 14.3 Å². The minimum Gasteiger partial charge on any atom is -0.381 e. The van der Waals surface area contributed by atoms with Crippen molar-refractivity contribution in [2.75, 3.05) is 32.6 Å². The lowest BCUT2D eigenvalue weighted by atomic mass is 9.54. The summed E-state index contributed by atoms with van der Waals surface area (Å²) in [5.74, 6) is -0.0478. The van der Waals surface area contributed by atoms with Gasteiger partial charge in [0.15, 0.2) is 0 Å². The van der Waals surface area contributed by atoms with Crippen LogP contribution in [-0.4, -0.2) is 54.9 Å². The van der Waals surface area contributed by atoms with E-state index in [4.69, 9.17) is 15.2 Å². The summed E-state index contributed by atoms with van der Waals surface area (Å²) < 4.78 is 11.2. The molecule has 1 amide bonds. The molecule has 2 unspecified atom stereocenters. The highest BCUT2D eigenvalue weighted by Crippen LogP contribution is 2.50. The fraction of sp³-hybridized carbons (Fsp3) is 0.938. The van der Waals surface area contributed by atoms with Crippen molar-refractivity contribution in [3.8, 4) is 0 Å². The minimum atomic E-state index is -0.836. The van der Waals surface area contributed by atoms with Crippen LogP contribution in [0.5, 0.6) is 0 Å². The lowest BCUT2D eigenvalue weighted by Crippen LogP contribution is -2.76. The minimum absolute atomic E-state index is 0. The van der Waals surface area contributed by atoms with Crippen molar-refractivity contribution in [3.05, 3.63) is 0 Å². The van der Waals surface area contributed by atoms with Gasteiger partial charge >= 0.3 is 0 Å². The zero-order valence-electron chi connectivity index (χ0n) is 14.6. The summed E-state index contributed by atoms with van der Waals surface area (Å²) in [6.45, 7) is 8.86. The standard InChI is InChI=1S/C16H30N2O3S.ClH/c1-5-21-12-10-16(17,14(12,2)3)13(19)18-11-15(22-4)6-8-20-9-7-15;/h12H,5-11,17H2,1-4H3,(H,18,19);1H. The zero-order chi connectivity index (χ0) is 16.4. The average Bonchev–Trinajstić information content (AvgIpc) is 2.53. The van der Waals surface area contributed by atoms with E-state index in [0.29, 0.717) is 19.6 Å². The topological polar surface area (TPSA) is 73.6 Å². The Hall–Kier alpha value is -0.0100. The predicted octanol–water partition coefficient (Wildman–Crippen LogP) is 1.97. The van der Waals surface area contributed by atoms with E-state index in [9.17, 15) is 4.79 Å². The van der Waals surface area contributed by atoms with Gasteiger partial charge in [-0.3, -0.25) is 4.79 Å². The van der Waals surface area contributed by atoms with E-state index in [2.05, 4.69) is 11.6 Å². The average molecular weight is 367 g/mol. The number of ether oxygens (including phenoxy) is 2. The highest BCUT2D eigenvalue weighted by Gasteiger charge is 2.62. The van der Waals surface area contributed by atoms with E-state index >= 15 is 0 Å². The van der Waals surface area contributed by atoms with Gasteiger partial charge in [0, 0.05) is 42.9 Å². The second-order valence-electron chi connectivity index (χ2n) is 7.02. The number of nitrogens with one attached hydrogen (secondary N) is 1. The van der Waals surface area contributed by atoms with Crippen LogP contribution >= 0.6 is 24.2 Å². The Bertz CT molecular complexity index is 416. The molecule has 0 radical (unpaired) electrons. The van der Waals surface area contributed by atoms with E-state index in [1.54, 1.807) is 0 Å². The first-order valence-corrected chi connectivity index (χ1v) is 9.35. The SMILES string of the molecule is CCOC1CC(N)(C(=O)NCC2(SC)CCOCC2)C1(C)C.Cl. The van der Waals surface area contributed by atoms with Gasteiger partial charge in [-0.05, 0) is 26.0 Å². The Morgan fingerprint density at radius 3 is 2.48 bits per heavy atom. The Morgan fingerprint density at radius 1 is 1.39 bits per heavy atom. The lowest BCUT2D eigenvalue weighted by molar-refractivity contribution is -0.170. The third-order valence-electron chi connectivity index (χ3n) is 5.64. The van der Waals surface area contributed by atoms with Gasteiger partial charge in [-0.1, -0.05) is 13.8 Å². The number of nitrogens with two attached hydrogens (primary N) is 1. The number of hydrogen-bond donors (Lipinski definition) is 2. The molecular formula is C16H31ClN2O3S. The highest BCUT2D eigenvalue weighted by atomic mass is 35.5. The normalized spacial score (nSPS) is 31.6.